The lowest BCUT2D eigenvalue weighted by atomic mass is 10.1. The predicted octanol–water partition coefficient (Wildman–Crippen LogP) is 3.34. The summed E-state index contributed by atoms with van der Waals surface area (Å²) in [5.41, 5.74) is -0.0140. The second-order valence-electron chi connectivity index (χ2n) is 4.77. The summed E-state index contributed by atoms with van der Waals surface area (Å²) in [6.45, 7) is 1.34. The Labute approximate surface area is 130 Å². The molecule has 0 aliphatic rings. The molecule has 0 fully saturated rings. The molecule has 0 bridgehead atoms. The maximum atomic E-state index is 13.7. The molecule has 0 radical (unpaired) electrons. The first-order chi connectivity index (χ1) is 10.8. The van der Waals surface area contributed by atoms with E-state index in [1.807, 2.05) is 0 Å². The Bertz CT molecular complexity index is 778. The zero-order valence-electron chi connectivity index (χ0n) is 12.4. The Morgan fingerprint density at radius 2 is 1.65 bits per heavy atom. The summed E-state index contributed by atoms with van der Waals surface area (Å²) in [6.07, 6.45) is 0. The van der Waals surface area contributed by atoms with Gasteiger partial charge in [-0.25, -0.2) is 13.2 Å². The van der Waals surface area contributed by atoms with Crippen molar-refractivity contribution >= 4 is 23.2 Å². The van der Waals surface area contributed by atoms with Crippen molar-refractivity contribution in [2.24, 2.45) is 0 Å². The molecule has 0 heterocycles. The molecule has 2 aromatic carbocycles. The van der Waals surface area contributed by atoms with Crippen LogP contribution in [0.1, 0.15) is 17.3 Å². The number of carbonyl (C=O) groups is 2. The molecule has 0 saturated heterocycles. The van der Waals surface area contributed by atoms with Gasteiger partial charge in [0, 0.05) is 14.0 Å². The van der Waals surface area contributed by atoms with Gasteiger partial charge < -0.3 is 10.2 Å². The third-order valence-corrected chi connectivity index (χ3v) is 3.27. The highest BCUT2D eigenvalue weighted by Gasteiger charge is 2.20. The highest BCUT2D eigenvalue weighted by atomic mass is 19.2. The van der Waals surface area contributed by atoms with Crippen LogP contribution in [0.5, 0.6) is 0 Å². The molecule has 120 valence electrons. The van der Waals surface area contributed by atoms with Crippen molar-refractivity contribution in [3.05, 3.63) is 59.4 Å². The molecule has 0 unspecified atom stereocenters. The molecule has 2 amide bonds. The second kappa shape index (κ2) is 6.51. The first-order valence-electron chi connectivity index (χ1n) is 6.61. The summed E-state index contributed by atoms with van der Waals surface area (Å²) in [7, 11) is 1.51. The standard InChI is InChI=1S/C16H13F3N2O2/c1-9(22)21(2)13-6-4-3-5-12(13)20-16(23)10-7-8-11(17)15(19)14(10)18/h3-8H,1-2H3,(H,20,23). The van der Waals surface area contributed by atoms with Crippen LogP contribution in [0.3, 0.4) is 0 Å². The fourth-order valence-electron chi connectivity index (χ4n) is 1.93. The molecule has 0 spiro atoms. The van der Waals surface area contributed by atoms with Gasteiger partial charge in [-0.15, -0.1) is 0 Å². The van der Waals surface area contributed by atoms with Crippen LogP contribution in [0.2, 0.25) is 0 Å². The van der Waals surface area contributed by atoms with Gasteiger partial charge in [0.25, 0.3) is 5.91 Å². The van der Waals surface area contributed by atoms with Gasteiger partial charge in [-0.1, -0.05) is 12.1 Å². The number of carbonyl (C=O) groups excluding carboxylic acids is 2. The molecule has 1 N–H and O–H groups in total. The number of halogens is 3. The number of anilines is 2. The molecule has 23 heavy (non-hydrogen) atoms. The van der Waals surface area contributed by atoms with Gasteiger partial charge in [-0.05, 0) is 24.3 Å². The quantitative estimate of drug-likeness (QED) is 0.881. The van der Waals surface area contributed by atoms with E-state index < -0.39 is 28.9 Å². The van der Waals surface area contributed by atoms with Crippen LogP contribution in [-0.4, -0.2) is 18.9 Å². The Morgan fingerprint density at radius 1 is 1.00 bits per heavy atom. The van der Waals surface area contributed by atoms with Crippen LogP contribution in [0, 0.1) is 17.5 Å². The van der Waals surface area contributed by atoms with E-state index in [2.05, 4.69) is 5.32 Å². The van der Waals surface area contributed by atoms with Crippen molar-refractivity contribution in [3.8, 4) is 0 Å². The van der Waals surface area contributed by atoms with E-state index in [-0.39, 0.29) is 11.6 Å². The minimum absolute atomic E-state index is 0.235. The molecular formula is C16H13F3N2O2. The molecule has 0 saturated carbocycles. The number of para-hydroxylation sites is 2. The lowest BCUT2D eigenvalue weighted by molar-refractivity contribution is -0.116. The minimum atomic E-state index is -1.72. The zero-order chi connectivity index (χ0) is 17.1. The van der Waals surface area contributed by atoms with E-state index in [0.29, 0.717) is 11.8 Å². The third kappa shape index (κ3) is 3.33. The molecular weight excluding hydrogens is 309 g/mol. The molecule has 0 aliphatic carbocycles. The van der Waals surface area contributed by atoms with Gasteiger partial charge in [-0.2, -0.15) is 0 Å². The normalized spacial score (nSPS) is 10.3. The van der Waals surface area contributed by atoms with Gasteiger partial charge in [0.15, 0.2) is 17.5 Å². The van der Waals surface area contributed by atoms with Gasteiger partial charge in [0.05, 0.1) is 16.9 Å². The highest BCUT2D eigenvalue weighted by molar-refractivity contribution is 6.07. The van der Waals surface area contributed by atoms with Gasteiger partial charge >= 0.3 is 0 Å². The average molecular weight is 322 g/mol. The first-order valence-corrected chi connectivity index (χ1v) is 6.61. The van der Waals surface area contributed by atoms with E-state index in [4.69, 9.17) is 0 Å². The number of hydrogen-bond acceptors (Lipinski definition) is 2. The number of rotatable bonds is 3. The van der Waals surface area contributed by atoms with Crippen LogP contribution < -0.4 is 10.2 Å². The van der Waals surface area contributed by atoms with Crippen LogP contribution in [0.15, 0.2) is 36.4 Å². The van der Waals surface area contributed by atoms with Crippen molar-refractivity contribution in [3.63, 3.8) is 0 Å². The number of nitrogens with zero attached hydrogens (tertiary/aromatic N) is 1. The van der Waals surface area contributed by atoms with E-state index >= 15 is 0 Å². The van der Waals surface area contributed by atoms with Crippen LogP contribution in [0.4, 0.5) is 24.5 Å². The summed E-state index contributed by atoms with van der Waals surface area (Å²) >= 11 is 0. The summed E-state index contributed by atoms with van der Waals surface area (Å²) in [5.74, 6) is -5.89. The Hall–Kier alpha value is -2.83. The summed E-state index contributed by atoms with van der Waals surface area (Å²) in [5, 5.41) is 2.39. The molecule has 2 aromatic rings. The van der Waals surface area contributed by atoms with E-state index in [0.717, 1.165) is 6.07 Å². The van der Waals surface area contributed by atoms with Crippen molar-refractivity contribution in [1.29, 1.82) is 0 Å². The number of hydrogen-bond donors (Lipinski definition) is 1. The monoisotopic (exact) mass is 322 g/mol. The molecule has 0 aromatic heterocycles. The van der Waals surface area contributed by atoms with E-state index in [1.54, 1.807) is 18.2 Å². The van der Waals surface area contributed by atoms with Crippen molar-refractivity contribution in [1.82, 2.24) is 0 Å². The largest absolute Gasteiger partial charge is 0.320 e. The second-order valence-corrected chi connectivity index (χ2v) is 4.77. The smallest absolute Gasteiger partial charge is 0.258 e. The average Bonchev–Trinajstić information content (AvgIpc) is 2.52. The molecule has 0 atom stereocenters. The number of nitrogens with one attached hydrogen (secondary N) is 1. The molecule has 2 rings (SSSR count). The molecule has 0 aliphatic heterocycles. The van der Waals surface area contributed by atoms with Crippen molar-refractivity contribution in [2.45, 2.75) is 6.92 Å². The SMILES string of the molecule is CC(=O)N(C)c1ccccc1NC(=O)c1ccc(F)c(F)c1F. The maximum Gasteiger partial charge on any atom is 0.258 e. The minimum Gasteiger partial charge on any atom is -0.320 e. The van der Waals surface area contributed by atoms with Crippen LogP contribution in [0.25, 0.3) is 0 Å². The fraction of sp³-hybridized carbons (Fsp3) is 0.125. The Morgan fingerprint density at radius 3 is 2.30 bits per heavy atom. The lowest BCUT2D eigenvalue weighted by Gasteiger charge is -2.19. The van der Waals surface area contributed by atoms with Crippen molar-refractivity contribution < 1.29 is 22.8 Å². The lowest BCUT2D eigenvalue weighted by Crippen LogP contribution is -2.25. The van der Waals surface area contributed by atoms with Gasteiger partial charge in [0.2, 0.25) is 5.91 Å². The first kappa shape index (κ1) is 16.5. The molecule has 7 heteroatoms. The zero-order valence-corrected chi connectivity index (χ0v) is 12.4. The fourth-order valence-corrected chi connectivity index (χ4v) is 1.93. The Balaban J connectivity index is 2.35. The topological polar surface area (TPSA) is 49.4 Å². The highest BCUT2D eigenvalue weighted by Crippen LogP contribution is 2.26. The van der Waals surface area contributed by atoms with Crippen molar-refractivity contribution in [2.75, 3.05) is 17.3 Å². The summed E-state index contributed by atoms with van der Waals surface area (Å²) in [4.78, 5) is 24.8. The van der Waals surface area contributed by atoms with Crippen LogP contribution in [-0.2, 0) is 4.79 Å². The summed E-state index contributed by atoms with van der Waals surface area (Å²) in [6, 6.07) is 7.86. The third-order valence-electron chi connectivity index (χ3n) is 3.27. The van der Waals surface area contributed by atoms with Crippen LogP contribution >= 0.6 is 0 Å². The summed E-state index contributed by atoms with van der Waals surface area (Å²) < 4.78 is 39.8. The van der Waals surface area contributed by atoms with Gasteiger partial charge in [0.1, 0.15) is 0 Å². The van der Waals surface area contributed by atoms with E-state index in [1.165, 1.54) is 24.9 Å². The molecule has 4 nitrogen and oxygen atoms in total. The number of benzene rings is 2. The number of amides is 2. The van der Waals surface area contributed by atoms with Gasteiger partial charge in [-0.3, -0.25) is 9.59 Å². The van der Waals surface area contributed by atoms with E-state index in [9.17, 15) is 22.8 Å². The maximum absolute atomic E-state index is 13.7. The Kier molecular flexibility index (Phi) is 4.68. The predicted molar refractivity (Wildman–Crippen MR) is 79.8 cm³/mol.